The number of nitrogens with one attached hydrogen (secondary N) is 2. The van der Waals surface area contributed by atoms with Gasteiger partial charge in [0.05, 0.1) is 10.0 Å². The second kappa shape index (κ2) is 13.0. The Balaban J connectivity index is 1.35. The molecule has 42 heavy (non-hydrogen) atoms. The number of rotatable bonds is 8. The van der Waals surface area contributed by atoms with Crippen molar-refractivity contribution in [3.8, 4) is 5.75 Å². The van der Waals surface area contributed by atoms with Crippen LogP contribution in [-0.2, 0) is 10.5 Å². The highest BCUT2D eigenvalue weighted by Crippen LogP contribution is 2.29. The minimum atomic E-state index is -0.573. The summed E-state index contributed by atoms with van der Waals surface area (Å²) in [5, 5.41) is 16.4. The molecule has 0 fully saturated rings. The molecule has 0 spiro atoms. The number of thioether (sulfide) groups is 1. The molecule has 0 unspecified atom stereocenters. The summed E-state index contributed by atoms with van der Waals surface area (Å²) in [6.07, 6.45) is 1.46. The van der Waals surface area contributed by atoms with Crippen molar-refractivity contribution >= 4 is 69.5 Å². The van der Waals surface area contributed by atoms with Gasteiger partial charge in [0.1, 0.15) is 17.0 Å². The van der Waals surface area contributed by atoms with Crippen LogP contribution in [0.25, 0.3) is 17.0 Å². The summed E-state index contributed by atoms with van der Waals surface area (Å²) in [6.45, 7) is 0. The van der Waals surface area contributed by atoms with Gasteiger partial charge in [-0.25, -0.2) is 4.79 Å². The Kier molecular flexibility index (Phi) is 8.97. The highest BCUT2D eigenvalue weighted by atomic mass is 35.5. The lowest BCUT2D eigenvalue weighted by Gasteiger charge is -2.13. The maximum Gasteiger partial charge on any atom is 0.340 e. The highest BCUT2D eigenvalue weighted by Gasteiger charge is 2.17. The molecule has 0 saturated carbocycles. The molecular formula is C32H22Cl2N2O5S. The van der Waals surface area contributed by atoms with Crippen molar-refractivity contribution in [2.45, 2.75) is 10.6 Å². The lowest BCUT2D eigenvalue weighted by Crippen LogP contribution is -2.30. The topological polar surface area (TPSA) is 109 Å². The average molecular weight is 618 g/mol. The number of phenols is 1. The Morgan fingerprint density at radius 3 is 2.50 bits per heavy atom. The normalized spacial score (nSPS) is 11.3. The van der Waals surface area contributed by atoms with Gasteiger partial charge in [0.2, 0.25) is 0 Å². The predicted octanol–water partition coefficient (Wildman–Crippen LogP) is 7.51. The van der Waals surface area contributed by atoms with Crippen molar-refractivity contribution in [2.24, 2.45) is 0 Å². The van der Waals surface area contributed by atoms with Gasteiger partial charge >= 0.3 is 5.63 Å². The zero-order valence-corrected chi connectivity index (χ0v) is 24.1. The van der Waals surface area contributed by atoms with E-state index in [1.165, 1.54) is 30.0 Å². The molecule has 1 aromatic heterocycles. The van der Waals surface area contributed by atoms with Gasteiger partial charge < -0.3 is 20.2 Å². The number of halogens is 2. The number of carbonyl (C=O) groups excluding carboxylic acids is 2. The van der Waals surface area contributed by atoms with E-state index >= 15 is 0 Å². The van der Waals surface area contributed by atoms with Crippen LogP contribution in [0.4, 0.5) is 5.69 Å². The first-order chi connectivity index (χ1) is 20.3. The Morgan fingerprint density at radius 1 is 0.905 bits per heavy atom. The number of amides is 2. The van der Waals surface area contributed by atoms with Crippen LogP contribution >= 0.6 is 35.0 Å². The van der Waals surface area contributed by atoms with E-state index in [1.807, 2.05) is 6.07 Å². The lowest BCUT2D eigenvalue weighted by atomic mass is 10.1. The van der Waals surface area contributed by atoms with Crippen LogP contribution in [0.5, 0.6) is 5.75 Å². The van der Waals surface area contributed by atoms with E-state index in [4.69, 9.17) is 27.6 Å². The summed E-state index contributed by atoms with van der Waals surface area (Å²) < 4.78 is 5.35. The van der Waals surface area contributed by atoms with E-state index in [0.29, 0.717) is 44.1 Å². The number of hydrogen-bond acceptors (Lipinski definition) is 6. The Morgan fingerprint density at radius 2 is 1.69 bits per heavy atom. The molecule has 0 atom stereocenters. The number of phenolic OH excluding ortho intramolecular Hbond substituents is 1. The van der Waals surface area contributed by atoms with Crippen LogP contribution in [0.2, 0.25) is 10.0 Å². The van der Waals surface area contributed by atoms with Crippen LogP contribution in [0.3, 0.4) is 0 Å². The van der Waals surface area contributed by atoms with Crippen LogP contribution < -0.4 is 16.3 Å². The second-order valence-corrected chi connectivity index (χ2v) is 10.9. The minimum Gasteiger partial charge on any atom is -0.508 e. The number of hydrogen-bond donors (Lipinski definition) is 3. The van der Waals surface area contributed by atoms with Crippen LogP contribution in [0.1, 0.15) is 21.5 Å². The van der Waals surface area contributed by atoms with E-state index in [2.05, 4.69) is 10.6 Å². The molecule has 0 aliphatic heterocycles. The molecule has 7 nitrogen and oxygen atoms in total. The Hall–Kier alpha value is -4.50. The van der Waals surface area contributed by atoms with Crippen LogP contribution in [0, 0.1) is 0 Å². The molecule has 0 bridgehead atoms. The maximum absolute atomic E-state index is 13.4. The lowest BCUT2D eigenvalue weighted by molar-refractivity contribution is -0.113. The first-order valence-corrected chi connectivity index (χ1v) is 14.3. The summed E-state index contributed by atoms with van der Waals surface area (Å²) in [5.74, 6) is -0.707. The average Bonchev–Trinajstić information content (AvgIpc) is 2.98. The van der Waals surface area contributed by atoms with Gasteiger partial charge in [-0.1, -0.05) is 59.6 Å². The fourth-order valence-corrected chi connectivity index (χ4v) is 5.27. The van der Waals surface area contributed by atoms with E-state index in [0.717, 1.165) is 4.90 Å². The second-order valence-electron chi connectivity index (χ2n) is 9.07. The Labute approximate surface area is 254 Å². The fraction of sp³-hybridized carbons (Fsp3) is 0.0312. The fourth-order valence-electron chi connectivity index (χ4n) is 4.00. The molecule has 2 amide bonds. The quantitative estimate of drug-likeness (QED) is 0.0945. The van der Waals surface area contributed by atoms with Crippen molar-refractivity contribution < 1.29 is 19.1 Å². The van der Waals surface area contributed by atoms with Gasteiger partial charge in [0.25, 0.3) is 11.8 Å². The monoisotopic (exact) mass is 616 g/mol. The van der Waals surface area contributed by atoms with E-state index in [9.17, 15) is 19.5 Å². The summed E-state index contributed by atoms with van der Waals surface area (Å²) in [4.78, 5) is 39.6. The number of aromatic hydroxyl groups is 1. The zero-order chi connectivity index (χ0) is 29.6. The molecule has 0 aliphatic rings. The number of anilines is 1. The largest absolute Gasteiger partial charge is 0.508 e. The number of benzene rings is 4. The van der Waals surface area contributed by atoms with Crippen molar-refractivity contribution in [1.29, 1.82) is 0 Å². The van der Waals surface area contributed by atoms with Crippen molar-refractivity contribution in [2.75, 3.05) is 5.32 Å². The Bertz CT molecular complexity index is 1890. The van der Waals surface area contributed by atoms with Crippen LogP contribution in [0.15, 0.2) is 117 Å². The van der Waals surface area contributed by atoms with Crippen molar-refractivity contribution in [1.82, 2.24) is 5.32 Å². The molecule has 4 aromatic carbocycles. The number of carbonyl (C=O) groups is 2. The van der Waals surface area contributed by atoms with Gasteiger partial charge in [0.15, 0.2) is 0 Å². The maximum atomic E-state index is 13.4. The van der Waals surface area contributed by atoms with Crippen LogP contribution in [-0.4, -0.2) is 16.9 Å². The van der Waals surface area contributed by atoms with Gasteiger partial charge in [-0.3, -0.25) is 9.59 Å². The third-order valence-electron chi connectivity index (χ3n) is 6.09. The van der Waals surface area contributed by atoms with Crippen molar-refractivity contribution in [3.63, 3.8) is 0 Å². The standard InChI is InChI=1S/C32H22Cl2N2O5S/c33-26-11-4-8-21(29(26)34)15-27(36-30(38)19-6-2-1-3-7-19)31(39)35-23-9-5-10-25(16-23)42-18-22-14-20-12-13-24(37)17-28(20)41-32(22)40/h1-17,37H,18H2,(H,35,39)(H,36,38)/b27-15+. The molecule has 3 N–H and O–H groups in total. The third-order valence-corrected chi connectivity index (χ3v) is 7.96. The van der Waals surface area contributed by atoms with E-state index in [1.54, 1.807) is 78.9 Å². The highest BCUT2D eigenvalue weighted by molar-refractivity contribution is 7.98. The molecule has 0 radical (unpaired) electrons. The molecule has 10 heteroatoms. The zero-order valence-electron chi connectivity index (χ0n) is 21.8. The molecule has 0 saturated heterocycles. The molecule has 1 heterocycles. The number of fused-ring (bicyclic) bond motifs is 1. The molecule has 210 valence electrons. The summed E-state index contributed by atoms with van der Waals surface area (Å²) in [7, 11) is 0. The summed E-state index contributed by atoms with van der Waals surface area (Å²) in [6, 6.07) is 26.9. The minimum absolute atomic E-state index is 0.0138. The van der Waals surface area contributed by atoms with Gasteiger partial charge in [-0.05, 0) is 66.2 Å². The molecular weight excluding hydrogens is 595 g/mol. The van der Waals surface area contributed by atoms with Crippen molar-refractivity contribution in [3.05, 3.63) is 140 Å². The van der Waals surface area contributed by atoms with E-state index < -0.39 is 17.4 Å². The van der Waals surface area contributed by atoms with Gasteiger partial charge in [-0.15, -0.1) is 11.8 Å². The third kappa shape index (κ3) is 7.03. The smallest absolute Gasteiger partial charge is 0.340 e. The van der Waals surface area contributed by atoms with E-state index in [-0.39, 0.29) is 16.5 Å². The summed E-state index contributed by atoms with van der Waals surface area (Å²) >= 11 is 13.9. The molecule has 0 aliphatic carbocycles. The molecule has 5 rings (SSSR count). The first-order valence-electron chi connectivity index (χ1n) is 12.6. The SMILES string of the molecule is O=C(Nc1cccc(SCc2cc3ccc(O)cc3oc2=O)c1)/C(=C\c1cccc(Cl)c1Cl)NC(=O)c1ccccc1. The van der Waals surface area contributed by atoms with Gasteiger partial charge in [-0.2, -0.15) is 0 Å². The van der Waals surface area contributed by atoms with Gasteiger partial charge in [0, 0.05) is 38.9 Å². The first kappa shape index (κ1) is 29.0. The predicted molar refractivity (Wildman–Crippen MR) is 167 cm³/mol. The summed E-state index contributed by atoms with van der Waals surface area (Å²) in [5.41, 5.74) is 1.54. The molecule has 5 aromatic rings.